The maximum Gasteiger partial charge on any atom is 0.349 e. The predicted octanol–water partition coefficient (Wildman–Crippen LogP) is 2.58. The van der Waals surface area contributed by atoms with Gasteiger partial charge in [0.25, 0.3) is 5.91 Å². The van der Waals surface area contributed by atoms with Crippen LogP contribution in [-0.4, -0.2) is 25.5 Å². The monoisotopic (exact) mass is 320 g/mol. The van der Waals surface area contributed by atoms with Crippen LogP contribution >= 0.6 is 0 Å². The van der Waals surface area contributed by atoms with Gasteiger partial charge in [-0.25, -0.2) is 4.79 Å². The van der Waals surface area contributed by atoms with Crippen LogP contribution in [0.1, 0.15) is 67.1 Å². The molecule has 0 aromatic carbocycles. The highest BCUT2D eigenvalue weighted by Crippen LogP contribution is 2.21. The first-order chi connectivity index (χ1) is 11.0. The van der Waals surface area contributed by atoms with Gasteiger partial charge in [0, 0.05) is 12.5 Å². The van der Waals surface area contributed by atoms with Crippen molar-refractivity contribution in [1.29, 1.82) is 0 Å². The van der Waals surface area contributed by atoms with Crippen LogP contribution in [0.5, 0.6) is 0 Å². The van der Waals surface area contributed by atoms with Gasteiger partial charge < -0.3 is 15.1 Å². The molecule has 23 heavy (non-hydrogen) atoms. The molecule has 5 nitrogen and oxygen atoms in total. The Hall–Kier alpha value is -1.62. The Morgan fingerprint density at radius 2 is 2.13 bits per heavy atom. The molecule has 0 saturated carbocycles. The Morgan fingerprint density at radius 1 is 1.43 bits per heavy atom. The molecule has 1 aromatic rings. The van der Waals surface area contributed by atoms with E-state index in [-0.39, 0.29) is 17.4 Å². The molecule has 2 N–H and O–H groups in total. The average Bonchev–Trinajstić information content (AvgIpc) is 2.53. The van der Waals surface area contributed by atoms with E-state index >= 15 is 0 Å². The summed E-state index contributed by atoms with van der Waals surface area (Å²) in [6.45, 7) is 8.55. The smallest absolute Gasteiger partial charge is 0.349 e. The van der Waals surface area contributed by atoms with Gasteiger partial charge in [-0.2, -0.15) is 0 Å². The molecule has 0 bridgehead atoms. The minimum absolute atomic E-state index is 0.145. The van der Waals surface area contributed by atoms with Crippen LogP contribution in [0.4, 0.5) is 0 Å². The third kappa shape index (κ3) is 4.67. The minimum atomic E-state index is -0.522. The standard InChI is InChI=1S/C18H28N2O3/c1-4-5-12(2)15-10-13(3)16(18(22)23-15)17(21)20-11-14-6-8-19-9-7-14/h10,12,14,19H,4-9,11H2,1-3H3,(H,20,21). The molecule has 1 amide bonds. The Balaban J connectivity index is 2.06. The Bertz CT molecular complexity index is 588. The first kappa shape index (κ1) is 17.7. The van der Waals surface area contributed by atoms with E-state index in [0.29, 0.717) is 23.8 Å². The van der Waals surface area contributed by atoms with Crippen molar-refractivity contribution < 1.29 is 9.21 Å². The van der Waals surface area contributed by atoms with E-state index in [9.17, 15) is 9.59 Å². The number of carbonyl (C=O) groups is 1. The quantitative estimate of drug-likeness (QED) is 0.845. The van der Waals surface area contributed by atoms with Crippen molar-refractivity contribution in [2.45, 2.75) is 52.4 Å². The number of amides is 1. The summed E-state index contributed by atoms with van der Waals surface area (Å²) in [5.41, 5.74) is 0.319. The summed E-state index contributed by atoms with van der Waals surface area (Å²) in [6.07, 6.45) is 4.11. The lowest BCUT2D eigenvalue weighted by molar-refractivity contribution is 0.0939. The van der Waals surface area contributed by atoms with Crippen LogP contribution in [0.3, 0.4) is 0 Å². The molecule has 0 aliphatic carbocycles. The number of aryl methyl sites for hydroxylation is 1. The number of carbonyl (C=O) groups excluding carboxylic acids is 1. The topological polar surface area (TPSA) is 71.3 Å². The van der Waals surface area contributed by atoms with E-state index in [1.807, 2.05) is 13.0 Å². The summed E-state index contributed by atoms with van der Waals surface area (Å²) < 4.78 is 5.39. The summed E-state index contributed by atoms with van der Waals surface area (Å²) in [4.78, 5) is 24.6. The lowest BCUT2D eigenvalue weighted by Crippen LogP contribution is -2.37. The molecular formula is C18H28N2O3. The summed E-state index contributed by atoms with van der Waals surface area (Å²) in [5, 5.41) is 6.20. The molecule has 5 heteroatoms. The lowest BCUT2D eigenvalue weighted by Gasteiger charge is -2.22. The molecule has 0 spiro atoms. The molecule has 0 radical (unpaired) electrons. The Kier molecular flexibility index (Phi) is 6.39. The fourth-order valence-corrected chi connectivity index (χ4v) is 3.14. The third-order valence-corrected chi connectivity index (χ3v) is 4.61. The fraction of sp³-hybridized carbons (Fsp3) is 0.667. The van der Waals surface area contributed by atoms with Gasteiger partial charge in [0.15, 0.2) is 0 Å². The van der Waals surface area contributed by atoms with E-state index in [1.54, 1.807) is 6.92 Å². The molecule has 1 aliphatic rings. The van der Waals surface area contributed by atoms with Crippen molar-refractivity contribution in [3.05, 3.63) is 33.4 Å². The predicted molar refractivity (Wildman–Crippen MR) is 91.0 cm³/mol. The van der Waals surface area contributed by atoms with Crippen LogP contribution < -0.4 is 16.3 Å². The zero-order valence-corrected chi connectivity index (χ0v) is 14.4. The van der Waals surface area contributed by atoms with Crippen LogP contribution in [0.2, 0.25) is 0 Å². The number of rotatable bonds is 6. The molecule has 1 fully saturated rings. The SMILES string of the molecule is CCCC(C)c1cc(C)c(C(=O)NCC2CCNCC2)c(=O)o1. The minimum Gasteiger partial charge on any atom is -0.427 e. The van der Waals surface area contributed by atoms with E-state index < -0.39 is 5.63 Å². The van der Waals surface area contributed by atoms with E-state index in [2.05, 4.69) is 17.6 Å². The lowest BCUT2D eigenvalue weighted by atomic mass is 9.98. The highest BCUT2D eigenvalue weighted by atomic mass is 16.4. The first-order valence-electron chi connectivity index (χ1n) is 8.66. The van der Waals surface area contributed by atoms with Crippen LogP contribution in [0.15, 0.2) is 15.3 Å². The average molecular weight is 320 g/mol. The van der Waals surface area contributed by atoms with Crippen molar-refractivity contribution >= 4 is 5.91 Å². The molecule has 128 valence electrons. The molecule has 1 unspecified atom stereocenters. The third-order valence-electron chi connectivity index (χ3n) is 4.61. The first-order valence-corrected chi connectivity index (χ1v) is 8.66. The molecule has 1 aliphatic heterocycles. The van der Waals surface area contributed by atoms with Gasteiger partial charge in [-0.3, -0.25) is 4.79 Å². The normalized spacial score (nSPS) is 17.0. The van der Waals surface area contributed by atoms with Gasteiger partial charge >= 0.3 is 5.63 Å². The number of nitrogens with one attached hydrogen (secondary N) is 2. The second kappa shape index (κ2) is 8.29. The van der Waals surface area contributed by atoms with Crippen LogP contribution in [-0.2, 0) is 0 Å². The van der Waals surface area contributed by atoms with Gasteiger partial charge in [-0.1, -0.05) is 20.3 Å². The van der Waals surface area contributed by atoms with Crippen molar-refractivity contribution in [1.82, 2.24) is 10.6 Å². The maximum atomic E-state index is 12.3. The van der Waals surface area contributed by atoms with E-state index in [4.69, 9.17) is 4.42 Å². The van der Waals surface area contributed by atoms with Crippen molar-refractivity contribution in [2.24, 2.45) is 5.92 Å². The second-order valence-electron chi connectivity index (χ2n) is 6.59. The number of piperidine rings is 1. The molecule has 1 aromatic heterocycles. The van der Waals surface area contributed by atoms with E-state index in [0.717, 1.165) is 38.8 Å². The zero-order valence-electron chi connectivity index (χ0n) is 14.4. The van der Waals surface area contributed by atoms with Crippen molar-refractivity contribution in [2.75, 3.05) is 19.6 Å². The molecular weight excluding hydrogens is 292 g/mol. The number of hydrogen-bond donors (Lipinski definition) is 2. The summed E-state index contributed by atoms with van der Waals surface area (Å²) in [7, 11) is 0. The summed E-state index contributed by atoms with van der Waals surface area (Å²) in [6, 6.07) is 1.83. The maximum absolute atomic E-state index is 12.3. The fourth-order valence-electron chi connectivity index (χ4n) is 3.14. The molecule has 2 heterocycles. The molecule has 1 saturated heterocycles. The summed E-state index contributed by atoms with van der Waals surface area (Å²) in [5.74, 6) is 1.03. The van der Waals surface area contributed by atoms with Gasteiger partial charge in [-0.05, 0) is 56.8 Å². The second-order valence-corrected chi connectivity index (χ2v) is 6.59. The van der Waals surface area contributed by atoms with Crippen LogP contribution in [0.25, 0.3) is 0 Å². The molecule has 1 atom stereocenters. The highest BCUT2D eigenvalue weighted by molar-refractivity contribution is 5.95. The van der Waals surface area contributed by atoms with Crippen molar-refractivity contribution in [3.63, 3.8) is 0 Å². The Morgan fingerprint density at radius 3 is 2.74 bits per heavy atom. The van der Waals surface area contributed by atoms with E-state index in [1.165, 1.54) is 0 Å². The van der Waals surface area contributed by atoms with Gasteiger partial charge in [-0.15, -0.1) is 0 Å². The highest BCUT2D eigenvalue weighted by Gasteiger charge is 2.20. The van der Waals surface area contributed by atoms with Crippen LogP contribution in [0, 0.1) is 12.8 Å². The largest absolute Gasteiger partial charge is 0.427 e. The van der Waals surface area contributed by atoms with Gasteiger partial charge in [0.2, 0.25) is 0 Å². The molecule has 2 rings (SSSR count). The Labute approximate surface area is 137 Å². The van der Waals surface area contributed by atoms with Gasteiger partial charge in [0.1, 0.15) is 11.3 Å². The van der Waals surface area contributed by atoms with Gasteiger partial charge in [0.05, 0.1) is 0 Å². The zero-order chi connectivity index (χ0) is 16.8. The number of hydrogen-bond acceptors (Lipinski definition) is 4. The van der Waals surface area contributed by atoms with Crippen molar-refractivity contribution in [3.8, 4) is 0 Å². The summed E-state index contributed by atoms with van der Waals surface area (Å²) >= 11 is 0.